The molecule has 0 aliphatic carbocycles. The molecule has 34 heavy (non-hydrogen) atoms. The van der Waals surface area contributed by atoms with Gasteiger partial charge < -0.3 is 15.0 Å². The first kappa shape index (κ1) is 22.2. The summed E-state index contributed by atoms with van der Waals surface area (Å²) in [5.41, 5.74) is 2.31. The van der Waals surface area contributed by atoms with Gasteiger partial charge in [-0.3, -0.25) is 18.6 Å². The third kappa shape index (κ3) is 4.17. The molecule has 9 nitrogen and oxygen atoms in total. The van der Waals surface area contributed by atoms with Crippen LogP contribution in [-0.2, 0) is 16.1 Å². The smallest absolute Gasteiger partial charge is 0.263 e. The van der Waals surface area contributed by atoms with Gasteiger partial charge >= 0.3 is 0 Å². The number of fused-ring (bicyclic) bond motifs is 3. The second kappa shape index (κ2) is 9.70. The average molecular weight is 477 g/mol. The van der Waals surface area contributed by atoms with Crippen LogP contribution in [0.2, 0.25) is 0 Å². The van der Waals surface area contributed by atoms with E-state index in [1.54, 1.807) is 12.1 Å². The van der Waals surface area contributed by atoms with Crippen molar-refractivity contribution in [2.45, 2.75) is 11.7 Å². The highest BCUT2D eigenvalue weighted by molar-refractivity contribution is 7.99. The Morgan fingerprint density at radius 3 is 2.71 bits per heavy atom. The van der Waals surface area contributed by atoms with Gasteiger partial charge in [-0.25, -0.2) is 0 Å². The number of benzene rings is 2. The molecule has 0 atom stereocenters. The molecule has 174 valence electrons. The molecule has 0 radical (unpaired) electrons. The fourth-order valence-corrected chi connectivity index (χ4v) is 4.84. The molecule has 0 unspecified atom stereocenters. The van der Waals surface area contributed by atoms with E-state index in [4.69, 9.17) is 4.74 Å². The van der Waals surface area contributed by atoms with Crippen molar-refractivity contribution in [3.8, 4) is 0 Å². The minimum atomic E-state index is -0.149. The Balaban J connectivity index is 1.40. The molecule has 2 aromatic carbocycles. The van der Waals surface area contributed by atoms with Crippen molar-refractivity contribution in [2.75, 3.05) is 42.3 Å². The Kier molecular flexibility index (Phi) is 6.33. The van der Waals surface area contributed by atoms with Crippen LogP contribution in [0, 0.1) is 0 Å². The van der Waals surface area contributed by atoms with E-state index in [-0.39, 0.29) is 17.2 Å². The third-order valence-electron chi connectivity index (χ3n) is 5.65. The van der Waals surface area contributed by atoms with Crippen LogP contribution in [0.15, 0.2) is 71.1 Å². The zero-order valence-electron chi connectivity index (χ0n) is 18.5. The molecule has 2 aromatic heterocycles. The number of ether oxygens (including phenoxy) is 1. The third-order valence-corrected chi connectivity index (χ3v) is 6.58. The number of aromatic nitrogens is 4. The predicted octanol–water partition coefficient (Wildman–Crippen LogP) is 2.80. The van der Waals surface area contributed by atoms with Gasteiger partial charge in [-0.15, -0.1) is 16.8 Å². The van der Waals surface area contributed by atoms with Gasteiger partial charge in [-0.2, -0.15) is 0 Å². The summed E-state index contributed by atoms with van der Waals surface area (Å²) in [6.07, 6.45) is 1.65. The lowest BCUT2D eigenvalue weighted by Gasteiger charge is -2.30. The van der Waals surface area contributed by atoms with Crippen molar-refractivity contribution in [3.05, 3.63) is 71.5 Å². The molecule has 1 aliphatic heterocycles. The van der Waals surface area contributed by atoms with Crippen molar-refractivity contribution in [1.29, 1.82) is 0 Å². The van der Waals surface area contributed by atoms with Gasteiger partial charge in [0.1, 0.15) is 0 Å². The molecule has 0 saturated carbocycles. The molecule has 1 saturated heterocycles. The van der Waals surface area contributed by atoms with Crippen LogP contribution in [0.5, 0.6) is 0 Å². The van der Waals surface area contributed by atoms with Crippen LogP contribution in [0.25, 0.3) is 16.7 Å². The normalized spacial score (nSPS) is 13.9. The molecule has 0 bridgehead atoms. The second-order valence-corrected chi connectivity index (χ2v) is 8.74. The summed E-state index contributed by atoms with van der Waals surface area (Å²) in [7, 11) is 0. The first-order valence-electron chi connectivity index (χ1n) is 11.0. The Morgan fingerprint density at radius 1 is 1.12 bits per heavy atom. The van der Waals surface area contributed by atoms with Crippen LogP contribution >= 0.6 is 11.8 Å². The monoisotopic (exact) mass is 476 g/mol. The number of hydrogen-bond acceptors (Lipinski definition) is 7. The van der Waals surface area contributed by atoms with E-state index < -0.39 is 0 Å². The minimum absolute atomic E-state index is 0.146. The van der Waals surface area contributed by atoms with Crippen molar-refractivity contribution in [3.63, 3.8) is 0 Å². The molecule has 0 spiro atoms. The number of allylic oxidation sites excluding steroid dienone is 1. The summed E-state index contributed by atoms with van der Waals surface area (Å²) in [4.78, 5) is 28.0. The summed E-state index contributed by atoms with van der Waals surface area (Å²) in [6.45, 7) is 6.97. The molecular formula is C24H24N6O3S. The fraction of sp³-hybridized carbons (Fsp3) is 0.250. The maximum atomic E-state index is 12.9. The molecule has 1 amide bonds. The van der Waals surface area contributed by atoms with Crippen molar-refractivity contribution >= 4 is 45.7 Å². The zero-order chi connectivity index (χ0) is 23.5. The Hall–Kier alpha value is -3.63. The first-order chi connectivity index (χ1) is 16.7. The predicted molar refractivity (Wildman–Crippen MR) is 134 cm³/mol. The lowest BCUT2D eigenvalue weighted by molar-refractivity contribution is -0.113. The number of thioether (sulfide) groups is 1. The van der Waals surface area contributed by atoms with Crippen LogP contribution in [0.1, 0.15) is 0 Å². The van der Waals surface area contributed by atoms with Gasteiger partial charge in [0.2, 0.25) is 11.7 Å². The van der Waals surface area contributed by atoms with Gasteiger partial charge in [0.05, 0.1) is 41.2 Å². The molecule has 1 fully saturated rings. The summed E-state index contributed by atoms with van der Waals surface area (Å²) in [6, 6.07) is 15.1. The summed E-state index contributed by atoms with van der Waals surface area (Å²) < 4.78 is 8.80. The molecule has 3 heterocycles. The quantitative estimate of drug-likeness (QED) is 0.324. The molecule has 4 aromatic rings. The lowest BCUT2D eigenvalue weighted by Crippen LogP contribution is -2.36. The van der Waals surface area contributed by atoms with Crippen molar-refractivity contribution < 1.29 is 9.53 Å². The molecule has 10 heteroatoms. The van der Waals surface area contributed by atoms with E-state index in [2.05, 4.69) is 27.0 Å². The number of amides is 1. The van der Waals surface area contributed by atoms with E-state index in [0.29, 0.717) is 41.6 Å². The topological polar surface area (TPSA) is 93.8 Å². The number of carbonyl (C=O) groups excluding carboxylic acids is 1. The van der Waals surface area contributed by atoms with E-state index in [1.165, 1.54) is 16.3 Å². The largest absolute Gasteiger partial charge is 0.378 e. The highest BCUT2D eigenvalue weighted by atomic mass is 32.2. The number of morpholine rings is 1. The highest BCUT2D eigenvalue weighted by Crippen LogP contribution is 2.27. The SMILES string of the molecule is C=CCn1c(=O)c2ccccc2n2c(SCC(=O)Nc3ccccc3N3CCOCC3)nnc12. The number of anilines is 2. The van der Waals surface area contributed by atoms with Gasteiger partial charge in [0, 0.05) is 19.6 Å². The highest BCUT2D eigenvalue weighted by Gasteiger charge is 2.19. The molecule has 5 rings (SSSR count). The number of carbonyl (C=O) groups is 1. The van der Waals surface area contributed by atoms with Crippen molar-refractivity contribution in [1.82, 2.24) is 19.2 Å². The van der Waals surface area contributed by atoms with Gasteiger partial charge in [-0.1, -0.05) is 42.1 Å². The Labute approximate surface area is 200 Å². The van der Waals surface area contributed by atoms with Crippen LogP contribution < -0.4 is 15.8 Å². The minimum Gasteiger partial charge on any atom is -0.378 e. The van der Waals surface area contributed by atoms with E-state index >= 15 is 0 Å². The second-order valence-electron chi connectivity index (χ2n) is 7.79. The summed E-state index contributed by atoms with van der Waals surface area (Å²) >= 11 is 1.28. The standard InChI is InChI=1S/C24H24N6O3S/c1-2-11-29-22(32)17-7-3-5-9-19(17)30-23(29)26-27-24(30)34-16-21(31)25-18-8-4-6-10-20(18)28-12-14-33-15-13-28/h2-10H,1,11-16H2,(H,25,31). The maximum absolute atomic E-state index is 12.9. The molecular weight excluding hydrogens is 452 g/mol. The van der Waals surface area contributed by atoms with E-state index in [1.807, 2.05) is 46.9 Å². The summed E-state index contributed by atoms with van der Waals surface area (Å²) in [5.74, 6) is 0.419. The number of nitrogens with one attached hydrogen (secondary N) is 1. The number of rotatable bonds is 7. The Morgan fingerprint density at radius 2 is 1.88 bits per heavy atom. The fourth-order valence-electron chi connectivity index (χ4n) is 4.10. The van der Waals surface area contributed by atoms with Crippen LogP contribution in [-0.4, -0.2) is 57.1 Å². The number of hydrogen-bond donors (Lipinski definition) is 1. The van der Waals surface area contributed by atoms with Gasteiger partial charge in [-0.05, 0) is 24.3 Å². The number of nitrogens with zero attached hydrogens (tertiary/aromatic N) is 5. The molecule has 1 aliphatic rings. The molecule has 1 N–H and O–H groups in total. The van der Waals surface area contributed by atoms with Crippen LogP contribution in [0.4, 0.5) is 11.4 Å². The van der Waals surface area contributed by atoms with Crippen molar-refractivity contribution in [2.24, 2.45) is 0 Å². The lowest BCUT2D eigenvalue weighted by atomic mass is 10.2. The van der Waals surface area contributed by atoms with Gasteiger partial charge in [0.25, 0.3) is 5.56 Å². The summed E-state index contributed by atoms with van der Waals surface area (Å²) in [5, 5.41) is 12.6. The average Bonchev–Trinajstić information content (AvgIpc) is 3.30. The van der Waals surface area contributed by atoms with Crippen LogP contribution in [0.3, 0.4) is 0 Å². The van der Waals surface area contributed by atoms with E-state index in [0.717, 1.165) is 24.5 Å². The number of para-hydroxylation sites is 3. The first-order valence-corrected chi connectivity index (χ1v) is 12.0. The van der Waals surface area contributed by atoms with E-state index in [9.17, 15) is 9.59 Å². The maximum Gasteiger partial charge on any atom is 0.263 e. The Bertz CT molecular complexity index is 1420. The van der Waals surface area contributed by atoms with Gasteiger partial charge in [0.15, 0.2) is 5.16 Å². The zero-order valence-corrected chi connectivity index (χ0v) is 19.3.